The summed E-state index contributed by atoms with van der Waals surface area (Å²) in [6.45, 7) is 13.7. The maximum atomic E-state index is 5.85. The summed E-state index contributed by atoms with van der Waals surface area (Å²) in [5.41, 5.74) is 1.47. The highest BCUT2D eigenvalue weighted by molar-refractivity contribution is 5.05. The van der Waals surface area contributed by atoms with Crippen molar-refractivity contribution in [1.82, 2.24) is 5.32 Å². The molecule has 0 saturated carbocycles. The molecule has 0 heterocycles. The van der Waals surface area contributed by atoms with E-state index in [0.29, 0.717) is 0 Å². The molecule has 0 aliphatic carbocycles. The molecule has 15 heavy (non-hydrogen) atoms. The Morgan fingerprint density at radius 1 is 1.33 bits per heavy atom. The summed E-state index contributed by atoms with van der Waals surface area (Å²) in [6, 6.07) is 0.287. The van der Waals surface area contributed by atoms with Crippen LogP contribution in [0.1, 0.15) is 41.5 Å². The van der Waals surface area contributed by atoms with E-state index in [-0.39, 0.29) is 17.6 Å². The van der Waals surface area contributed by atoms with Crippen LogP contribution in [0.25, 0.3) is 0 Å². The lowest BCUT2D eigenvalue weighted by Gasteiger charge is -2.35. The van der Waals surface area contributed by atoms with Crippen LogP contribution in [0.15, 0.2) is 11.6 Å². The molecule has 0 bridgehead atoms. The smallest absolute Gasteiger partial charge is 0.0811 e. The van der Waals surface area contributed by atoms with Crippen LogP contribution in [0.3, 0.4) is 0 Å². The Kier molecular flexibility index (Phi) is 6.15. The molecule has 2 nitrogen and oxygen atoms in total. The fraction of sp³-hybridized carbons (Fsp3) is 0.846. The molecular formula is C13H27NO. The molecule has 0 aliphatic rings. The van der Waals surface area contributed by atoms with Crippen LogP contribution in [0, 0.1) is 5.41 Å². The molecule has 0 saturated heterocycles. The van der Waals surface area contributed by atoms with Gasteiger partial charge >= 0.3 is 0 Å². The molecule has 0 aromatic heterocycles. The average molecular weight is 213 g/mol. The van der Waals surface area contributed by atoms with Crippen molar-refractivity contribution in [2.75, 3.05) is 13.7 Å². The zero-order chi connectivity index (χ0) is 12.1. The quantitative estimate of drug-likeness (QED) is 0.709. The second kappa shape index (κ2) is 6.29. The Morgan fingerprint density at radius 2 is 1.87 bits per heavy atom. The Labute approximate surface area is 95.1 Å². The zero-order valence-corrected chi connectivity index (χ0v) is 11.3. The van der Waals surface area contributed by atoms with Crippen molar-refractivity contribution in [2.45, 2.75) is 53.7 Å². The van der Waals surface area contributed by atoms with Crippen molar-refractivity contribution in [2.24, 2.45) is 5.41 Å². The Morgan fingerprint density at radius 3 is 2.13 bits per heavy atom. The Hall–Kier alpha value is -0.340. The number of allylic oxidation sites excluding steroid dienone is 1. The lowest BCUT2D eigenvalue weighted by atomic mass is 9.84. The summed E-state index contributed by atoms with van der Waals surface area (Å²) in [7, 11) is 1.99. The first-order chi connectivity index (χ1) is 6.82. The van der Waals surface area contributed by atoms with Gasteiger partial charge in [-0.3, -0.25) is 0 Å². The van der Waals surface area contributed by atoms with Crippen molar-refractivity contribution in [1.29, 1.82) is 0 Å². The monoisotopic (exact) mass is 213 g/mol. The van der Waals surface area contributed by atoms with Gasteiger partial charge in [0.1, 0.15) is 0 Å². The molecule has 1 N–H and O–H groups in total. The Balaban J connectivity index is 4.78. The maximum absolute atomic E-state index is 5.85. The molecule has 0 fully saturated rings. The molecule has 2 atom stereocenters. The van der Waals surface area contributed by atoms with Crippen LogP contribution in [-0.4, -0.2) is 25.8 Å². The molecule has 2 heteroatoms. The molecule has 90 valence electrons. The van der Waals surface area contributed by atoms with E-state index >= 15 is 0 Å². The molecule has 0 spiro atoms. The first-order valence-electron chi connectivity index (χ1n) is 5.76. The predicted octanol–water partition coefficient (Wildman–Crippen LogP) is 2.99. The minimum Gasteiger partial charge on any atom is -0.376 e. The summed E-state index contributed by atoms with van der Waals surface area (Å²) in [5.74, 6) is 0. The summed E-state index contributed by atoms with van der Waals surface area (Å²) in [6.07, 6.45) is 2.45. The maximum Gasteiger partial charge on any atom is 0.0811 e. The molecule has 0 radical (unpaired) electrons. The van der Waals surface area contributed by atoms with E-state index < -0.39 is 0 Å². The van der Waals surface area contributed by atoms with Crippen LogP contribution in [0.2, 0.25) is 0 Å². The van der Waals surface area contributed by atoms with E-state index in [0.717, 1.165) is 6.61 Å². The minimum absolute atomic E-state index is 0.148. The second-order valence-electron chi connectivity index (χ2n) is 5.30. The second-order valence-corrected chi connectivity index (χ2v) is 5.30. The highest BCUT2D eigenvalue weighted by Crippen LogP contribution is 2.26. The van der Waals surface area contributed by atoms with Crippen molar-refractivity contribution in [3.05, 3.63) is 11.6 Å². The summed E-state index contributed by atoms with van der Waals surface area (Å²) >= 11 is 0. The standard InChI is InChI=1S/C13H27NO/c1-8-15-12(13(4,5)6)11(14-7)9-10(2)3/h9,11-12,14H,8H2,1-7H3. The third kappa shape index (κ3) is 5.33. The van der Waals surface area contributed by atoms with Crippen LogP contribution in [0.5, 0.6) is 0 Å². The van der Waals surface area contributed by atoms with E-state index in [2.05, 4.69) is 46.0 Å². The summed E-state index contributed by atoms with van der Waals surface area (Å²) in [4.78, 5) is 0. The highest BCUT2D eigenvalue weighted by atomic mass is 16.5. The number of nitrogens with one attached hydrogen (secondary N) is 1. The largest absolute Gasteiger partial charge is 0.376 e. The van der Waals surface area contributed by atoms with Crippen molar-refractivity contribution < 1.29 is 4.74 Å². The number of hydrogen-bond donors (Lipinski definition) is 1. The first kappa shape index (κ1) is 14.7. The van der Waals surface area contributed by atoms with E-state index in [1.165, 1.54) is 5.57 Å². The van der Waals surface area contributed by atoms with E-state index in [4.69, 9.17) is 4.74 Å². The number of hydrogen-bond acceptors (Lipinski definition) is 2. The summed E-state index contributed by atoms with van der Waals surface area (Å²) < 4.78 is 5.85. The SMILES string of the molecule is CCOC(C(C=C(C)C)NC)C(C)(C)C. The lowest BCUT2D eigenvalue weighted by Crippen LogP contribution is -2.46. The van der Waals surface area contributed by atoms with Gasteiger partial charge in [-0.15, -0.1) is 0 Å². The third-order valence-corrected chi connectivity index (χ3v) is 2.37. The van der Waals surface area contributed by atoms with Gasteiger partial charge in [0, 0.05) is 6.61 Å². The third-order valence-electron chi connectivity index (χ3n) is 2.37. The molecule has 0 aromatic carbocycles. The van der Waals surface area contributed by atoms with Crippen molar-refractivity contribution >= 4 is 0 Å². The number of ether oxygens (including phenoxy) is 1. The topological polar surface area (TPSA) is 21.3 Å². The van der Waals surface area contributed by atoms with Gasteiger partial charge in [-0.1, -0.05) is 32.4 Å². The fourth-order valence-corrected chi connectivity index (χ4v) is 1.75. The van der Waals surface area contributed by atoms with Crippen LogP contribution in [-0.2, 0) is 4.74 Å². The van der Waals surface area contributed by atoms with Gasteiger partial charge in [0.05, 0.1) is 12.1 Å². The highest BCUT2D eigenvalue weighted by Gasteiger charge is 2.30. The van der Waals surface area contributed by atoms with Crippen LogP contribution < -0.4 is 5.32 Å². The molecule has 2 unspecified atom stereocenters. The predicted molar refractivity (Wildman–Crippen MR) is 67.1 cm³/mol. The number of likely N-dealkylation sites (N-methyl/N-ethyl adjacent to an activating group) is 1. The normalized spacial score (nSPS) is 15.9. The first-order valence-corrected chi connectivity index (χ1v) is 5.76. The fourth-order valence-electron chi connectivity index (χ4n) is 1.75. The van der Waals surface area contributed by atoms with Gasteiger partial charge in [-0.05, 0) is 33.2 Å². The Bertz CT molecular complexity index is 199. The van der Waals surface area contributed by atoms with Crippen LogP contribution in [0.4, 0.5) is 0 Å². The van der Waals surface area contributed by atoms with Gasteiger partial charge in [0.25, 0.3) is 0 Å². The molecular weight excluding hydrogens is 186 g/mol. The van der Waals surface area contributed by atoms with Gasteiger partial charge < -0.3 is 10.1 Å². The lowest BCUT2D eigenvalue weighted by molar-refractivity contribution is -0.0244. The van der Waals surface area contributed by atoms with E-state index in [1.807, 2.05) is 14.0 Å². The van der Waals surface area contributed by atoms with E-state index in [1.54, 1.807) is 0 Å². The molecule has 0 aromatic rings. The zero-order valence-electron chi connectivity index (χ0n) is 11.3. The molecule has 0 amide bonds. The minimum atomic E-state index is 0.148. The molecule has 0 aliphatic heterocycles. The van der Waals surface area contributed by atoms with Crippen LogP contribution >= 0.6 is 0 Å². The average Bonchev–Trinajstić information content (AvgIpc) is 2.08. The van der Waals surface area contributed by atoms with E-state index in [9.17, 15) is 0 Å². The van der Waals surface area contributed by atoms with Gasteiger partial charge in [-0.25, -0.2) is 0 Å². The number of rotatable bonds is 5. The van der Waals surface area contributed by atoms with Gasteiger partial charge in [0.15, 0.2) is 0 Å². The molecule has 0 rings (SSSR count). The van der Waals surface area contributed by atoms with Crippen molar-refractivity contribution in [3.63, 3.8) is 0 Å². The van der Waals surface area contributed by atoms with Crippen molar-refractivity contribution in [3.8, 4) is 0 Å². The summed E-state index contributed by atoms with van der Waals surface area (Å²) in [5, 5.41) is 3.32. The van der Waals surface area contributed by atoms with Gasteiger partial charge in [0.2, 0.25) is 0 Å². The van der Waals surface area contributed by atoms with Gasteiger partial charge in [-0.2, -0.15) is 0 Å².